The molecule has 0 atom stereocenters. The highest BCUT2D eigenvalue weighted by Crippen LogP contribution is 2.24. The average Bonchev–Trinajstić information content (AvgIpc) is 2.77. The Morgan fingerprint density at radius 3 is 2.39 bits per heavy atom. The molecular formula is C22H31IN4O4. The van der Waals surface area contributed by atoms with Gasteiger partial charge < -0.3 is 29.7 Å². The Labute approximate surface area is 201 Å². The Balaban J connectivity index is 0.00000480. The highest BCUT2D eigenvalue weighted by molar-refractivity contribution is 14.0. The number of hydrogen-bond acceptors (Lipinski definition) is 5. The van der Waals surface area contributed by atoms with Crippen LogP contribution >= 0.6 is 24.0 Å². The van der Waals surface area contributed by atoms with Gasteiger partial charge in [-0.2, -0.15) is 0 Å². The third-order valence-electron chi connectivity index (χ3n) is 4.38. The summed E-state index contributed by atoms with van der Waals surface area (Å²) < 4.78 is 16.2. The second-order valence-corrected chi connectivity index (χ2v) is 6.68. The molecule has 9 heteroatoms. The van der Waals surface area contributed by atoms with Gasteiger partial charge in [-0.1, -0.05) is 12.1 Å². The molecule has 2 rings (SSSR count). The maximum Gasteiger partial charge on any atom is 0.259 e. The molecule has 2 aromatic carbocycles. The fourth-order valence-corrected chi connectivity index (χ4v) is 2.60. The summed E-state index contributed by atoms with van der Waals surface area (Å²) in [6.07, 6.45) is 0. The molecular weight excluding hydrogens is 511 g/mol. The number of rotatable bonds is 9. The van der Waals surface area contributed by atoms with E-state index < -0.39 is 0 Å². The van der Waals surface area contributed by atoms with E-state index in [-0.39, 0.29) is 36.5 Å². The minimum atomic E-state index is -0.0860. The summed E-state index contributed by atoms with van der Waals surface area (Å²) in [7, 11) is 8.37. The second-order valence-electron chi connectivity index (χ2n) is 6.68. The minimum Gasteiger partial charge on any atom is -0.497 e. The quantitative estimate of drug-likeness (QED) is 0.288. The van der Waals surface area contributed by atoms with Gasteiger partial charge in [0.15, 0.2) is 12.6 Å². The number of likely N-dealkylation sites (N-methyl/N-ethyl adjacent to an activating group) is 1. The average molecular weight is 542 g/mol. The van der Waals surface area contributed by atoms with E-state index in [1.54, 1.807) is 35.4 Å². The largest absolute Gasteiger partial charge is 0.497 e. The van der Waals surface area contributed by atoms with Crippen molar-refractivity contribution in [2.45, 2.75) is 13.1 Å². The molecule has 0 saturated heterocycles. The number of ether oxygens (including phenoxy) is 3. The predicted molar refractivity (Wildman–Crippen MR) is 133 cm³/mol. The van der Waals surface area contributed by atoms with E-state index in [1.807, 2.05) is 42.5 Å². The molecule has 2 aromatic rings. The molecule has 0 aliphatic heterocycles. The Morgan fingerprint density at radius 2 is 1.74 bits per heavy atom. The SMILES string of the molecule is CN=C(NCc1cccc(OCC(=O)N(C)C)c1)NCc1ccc(OC)cc1OC.I. The van der Waals surface area contributed by atoms with Crippen LogP contribution < -0.4 is 24.8 Å². The van der Waals surface area contributed by atoms with Crippen molar-refractivity contribution in [2.24, 2.45) is 4.99 Å². The molecule has 1 amide bonds. The molecule has 0 spiro atoms. The lowest BCUT2D eigenvalue weighted by Crippen LogP contribution is -2.36. The number of benzene rings is 2. The Hall–Kier alpha value is -2.69. The number of carbonyl (C=O) groups is 1. The molecule has 170 valence electrons. The van der Waals surface area contributed by atoms with E-state index in [4.69, 9.17) is 14.2 Å². The van der Waals surface area contributed by atoms with E-state index in [2.05, 4.69) is 15.6 Å². The Kier molecular flexibility index (Phi) is 11.5. The Bertz CT molecular complexity index is 874. The lowest BCUT2D eigenvalue weighted by molar-refractivity contribution is -0.130. The molecule has 0 aliphatic carbocycles. The number of carbonyl (C=O) groups excluding carboxylic acids is 1. The van der Waals surface area contributed by atoms with Gasteiger partial charge in [0, 0.05) is 45.9 Å². The first-order chi connectivity index (χ1) is 14.5. The van der Waals surface area contributed by atoms with Crippen LogP contribution in [0.1, 0.15) is 11.1 Å². The molecule has 0 aliphatic rings. The third kappa shape index (κ3) is 8.52. The lowest BCUT2D eigenvalue weighted by Gasteiger charge is -2.15. The summed E-state index contributed by atoms with van der Waals surface area (Å²) in [5, 5.41) is 6.54. The molecule has 0 unspecified atom stereocenters. The molecule has 8 nitrogen and oxygen atoms in total. The molecule has 0 heterocycles. The van der Waals surface area contributed by atoms with Crippen LogP contribution in [0.4, 0.5) is 0 Å². The zero-order valence-corrected chi connectivity index (χ0v) is 20.9. The van der Waals surface area contributed by atoms with Crippen molar-refractivity contribution in [3.8, 4) is 17.2 Å². The number of aliphatic imine (C=N–C) groups is 1. The molecule has 0 aromatic heterocycles. The van der Waals surface area contributed by atoms with E-state index >= 15 is 0 Å². The summed E-state index contributed by atoms with van der Waals surface area (Å²) in [5.41, 5.74) is 2.00. The number of nitrogens with zero attached hydrogens (tertiary/aromatic N) is 2. The van der Waals surface area contributed by atoms with E-state index in [0.717, 1.165) is 22.6 Å². The molecule has 2 N–H and O–H groups in total. The van der Waals surface area contributed by atoms with Crippen LogP contribution in [0.3, 0.4) is 0 Å². The van der Waals surface area contributed by atoms with Crippen molar-refractivity contribution < 1.29 is 19.0 Å². The van der Waals surface area contributed by atoms with Gasteiger partial charge in [0.1, 0.15) is 17.2 Å². The van der Waals surface area contributed by atoms with Crippen LogP contribution in [0.5, 0.6) is 17.2 Å². The number of halogens is 1. The molecule has 0 fully saturated rings. The van der Waals surface area contributed by atoms with Crippen molar-refractivity contribution >= 4 is 35.8 Å². The van der Waals surface area contributed by atoms with Gasteiger partial charge in [-0.25, -0.2) is 0 Å². The highest BCUT2D eigenvalue weighted by Gasteiger charge is 2.08. The van der Waals surface area contributed by atoms with Crippen LogP contribution in [0.2, 0.25) is 0 Å². The third-order valence-corrected chi connectivity index (χ3v) is 4.38. The van der Waals surface area contributed by atoms with Crippen molar-refractivity contribution in [3.63, 3.8) is 0 Å². The summed E-state index contributed by atoms with van der Waals surface area (Å²) in [6, 6.07) is 13.3. The number of nitrogens with one attached hydrogen (secondary N) is 2. The fraction of sp³-hybridized carbons (Fsp3) is 0.364. The topological polar surface area (TPSA) is 84.4 Å². The van der Waals surface area contributed by atoms with Gasteiger partial charge >= 0.3 is 0 Å². The zero-order chi connectivity index (χ0) is 21.9. The number of amides is 1. The molecule has 0 saturated carbocycles. The number of hydrogen-bond donors (Lipinski definition) is 2. The maximum absolute atomic E-state index is 11.7. The van der Waals surface area contributed by atoms with Gasteiger partial charge in [0.05, 0.1) is 14.2 Å². The number of guanidine groups is 1. The zero-order valence-electron chi connectivity index (χ0n) is 18.6. The highest BCUT2D eigenvalue weighted by atomic mass is 127. The first-order valence-electron chi connectivity index (χ1n) is 9.54. The van der Waals surface area contributed by atoms with Crippen LogP contribution in [0.15, 0.2) is 47.5 Å². The molecule has 0 radical (unpaired) electrons. The van der Waals surface area contributed by atoms with Crippen LogP contribution in [-0.2, 0) is 17.9 Å². The molecule has 0 bridgehead atoms. The van der Waals surface area contributed by atoms with Gasteiger partial charge in [0.2, 0.25) is 0 Å². The van der Waals surface area contributed by atoms with E-state index in [1.165, 1.54) is 4.90 Å². The van der Waals surface area contributed by atoms with Gasteiger partial charge in [0.25, 0.3) is 5.91 Å². The summed E-state index contributed by atoms with van der Waals surface area (Å²) in [5.74, 6) is 2.70. The van der Waals surface area contributed by atoms with Gasteiger partial charge in [-0.05, 0) is 29.8 Å². The van der Waals surface area contributed by atoms with Crippen molar-refractivity contribution in [1.29, 1.82) is 0 Å². The first-order valence-corrected chi connectivity index (χ1v) is 9.54. The van der Waals surface area contributed by atoms with Crippen molar-refractivity contribution in [3.05, 3.63) is 53.6 Å². The lowest BCUT2D eigenvalue weighted by atomic mass is 10.2. The second kappa shape index (κ2) is 13.6. The normalized spacial score (nSPS) is 10.5. The van der Waals surface area contributed by atoms with Gasteiger partial charge in [-0.3, -0.25) is 9.79 Å². The maximum atomic E-state index is 11.7. The standard InChI is InChI=1S/C22H30N4O4.HI/c1-23-22(25-14-17-9-10-18(28-4)12-20(17)29-5)24-13-16-7-6-8-19(11-16)30-15-21(27)26(2)3;/h6-12H,13-15H2,1-5H3,(H2,23,24,25);1H. The fourth-order valence-electron chi connectivity index (χ4n) is 2.60. The van der Waals surface area contributed by atoms with Crippen molar-refractivity contribution in [1.82, 2.24) is 15.5 Å². The smallest absolute Gasteiger partial charge is 0.259 e. The number of methoxy groups -OCH3 is 2. The first kappa shape index (κ1) is 26.3. The van der Waals surface area contributed by atoms with E-state index in [9.17, 15) is 4.79 Å². The van der Waals surface area contributed by atoms with Crippen LogP contribution in [0.25, 0.3) is 0 Å². The predicted octanol–water partition coefficient (Wildman–Crippen LogP) is 2.65. The van der Waals surface area contributed by atoms with Crippen molar-refractivity contribution in [2.75, 3.05) is 42.0 Å². The monoisotopic (exact) mass is 542 g/mol. The summed E-state index contributed by atoms with van der Waals surface area (Å²) in [4.78, 5) is 17.4. The van der Waals surface area contributed by atoms with Gasteiger partial charge in [-0.15, -0.1) is 24.0 Å². The Morgan fingerprint density at radius 1 is 1.00 bits per heavy atom. The van der Waals surface area contributed by atoms with Crippen LogP contribution in [-0.4, -0.2) is 58.7 Å². The van der Waals surface area contributed by atoms with E-state index in [0.29, 0.717) is 24.8 Å². The van der Waals surface area contributed by atoms with Crippen LogP contribution in [0, 0.1) is 0 Å². The molecule has 31 heavy (non-hydrogen) atoms. The summed E-state index contributed by atoms with van der Waals surface area (Å²) >= 11 is 0. The summed E-state index contributed by atoms with van der Waals surface area (Å²) in [6.45, 7) is 1.11. The minimum absolute atomic E-state index is 0.